The molecule has 0 radical (unpaired) electrons. The number of aryl methyl sites for hydroxylation is 1. The van der Waals surface area contributed by atoms with E-state index in [1.165, 1.54) is 11.3 Å². The lowest BCUT2D eigenvalue weighted by Crippen LogP contribution is -2.21. The molecule has 0 fully saturated rings. The van der Waals surface area contributed by atoms with Crippen molar-refractivity contribution in [1.29, 1.82) is 0 Å². The molecule has 0 aliphatic carbocycles. The zero-order valence-electron chi connectivity index (χ0n) is 13.3. The number of aromatic nitrogens is 2. The van der Waals surface area contributed by atoms with Gasteiger partial charge < -0.3 is 5.32 Å². The first kappa shape index (κ1) is 16.1. The highest BCUT2D eigenvalue weighted by atomic mass is 35.5. The number of halogens is 1. The second-order valence-electron chi connectivity index (χ2n) is 5.72. The molecule has 0 saturated carbocycles. The fourth-order valence-corrected chi connectivity index (χ4v) is 2.66. The highest BCUT2D eigenvalue weighted by Gasteiger charge is 2.11. The van der Waals surface area contributed by atoms with Gasteiger partial charge in [-0.1, -0.05) is 44.5 Å². The molecule has 1 aromatic carbocycles. The van der Waals surface area contributed by atoms with Crippen molar-refractivity contribution in [2.75, 3.05) is 0 Å². The quantitative estimate of drug-likeness (QED) is 0.856. The first-order chi connectivity index (χ1) is 10.0. The zero-order valence-corrected chi connectivity index (χ0v) is 14.0. The van der Waals surface area contributed by atoms with Gasteiger partial charge in [-0.05, 0) is 25.0 Å². The van der Waals surface area contributed by atoms with E-state index in [-0.39, 0.29) is 0 Å². The predicted molar refractivity (Wildman–Crippen MR) is 89.7 cm³/mol. The third-order valence-electron chi connectivity index (χ3n) is 3.58. The van der Waals surface area contributed by atoms with Crippen molar-refractivity contribution < 1.29 is 0 Å². The largest absolute Gasteiger partial charge is 0.310 e. The van der Waals surface area contributed by atoms with Crippen LogP contribution >= 0.6 is 11.6 Å². The smallest absolute Gasteiger partial charge is 0.0571 e. The monoisotopic (exact) mass is 305 g/mol. The predicted octanol–water partition coefficient (Wildman–Crippen LogP) is 4.42. The van der Waals surface area contributed by atoms with Crippen molar-refractivity contribution in [3.05, 3.63) is 40.7 Å². The molecule has 1 heterocycles. The summed E-state index contributed by atoms with van der Waals surface area (Å²) in [7, 11) is 0. The summed E-state index contributed by atoms with van der Waals surface area (Å²) in [5.74, 6) is 0. The first-order valence-corrected chi connectivity index (χ1v) is 7.95. The van der Waals surface area contributed by atoms with Crippen LogP contribution in [0.3, 0.4) is 0 Å². The highest BCUT2D eigenvalue weighted by Crippen LogP contribution is 2.31. The van der Waals surface area contributed by atoms with Crippen LogP contribution in [0.2, 0.25) is 5.02 Å². The number of hydrogen-bond acceptors (Lipinski definition) is 2. The summed E-state index contributed by atoms with van der Waals surface area (Å²) in [6.07, 6.45) is 2.99. The van der Waals surface area contributed by atoms with Crippen LogP contribution in [-0.2, 0) is 13.1 Å². The van der Waals surface area contributed by atoms with Gasteiger partial charge in [-0.15, -0.1) is 0 Å². The summed E-state index contributed by atoms with van der Waals surface area (Å²) < 4.78 is 2.04. The van der Waals surface area contributed by atoms with Crippen LogP contribution < -0.4 is 5.32 Å². The minimum Gasteiger partial charge on any atom is -0.310 e. The van der Waals surface area contributed by atoms with Gasteiger partial charge in [0.25, 0.3) is 0 Å². The SMILES string of the molecule is CCCn1ncc(-c2ccc(CNC(C)C)cc2Cl)c1C. The molecule has 0 spiro atoms. The Morgan fingerprint density at radius 2 is 2.05 bits per heavy atom. The van der Waals surface area contributed by atoms with Gasteiger partial charge >= 0.3 is 0 Å². The lowest BCUT2D eigenvalue weighted by Gasteiger charge is -2.10. The van der Waals surface area contributed by atoms with Gasteiger partial charge in [0, 0.05) is 41.0 Å². The van der Waals surface area contributed by atoms with Crippen LogP contribution in [0.4, 0.5) is 0 Å². The molecular weight excluding hydrogens is 282 g/mol. The molecule has 114 valence electrons. The van der Waals surface area contributed by atoms with E-state index in [0.29, 0.717) is 6.04 Å². The summed E-state index contributed by atoms with van der Waals surface area (Å²) in [6.45, 7) is 10.3. The third kappa shape index (κ3) is 3.86. The van der Waals surface area contributed by atoms with Crippen LogP contribution in [0.15, 0.2) is 24.4 Å². The van der Waals surface area contributed by atoms with Crippen LogP contribution in [0.25, 0.3) is 11.1 Å². The number of nitrogens with one attached hydrogen (secondary N) is 1. The zero-order chi connectivity index (χ0) is 15.4. The average Bonchev–Trinajstić information content (AvgIpc) is 2.79. The standard InChI is InChI=1S/C17H24ClN3/c1-5-8-21-13(4)16(11-20-21)15-7-6-14(9-17(15)18)10-19-12(2)3/h6-7,9,11-12,19H,5,8,10H2,1-4H3. The number of benzene rings is 1. The molecule has 0 aliphatic heterocycles. The summed E-state index contributed by atoms with van der Waals surface area (Å²) in [6, 6.07) is 6.74. The third-order valence-corrected chi connectivity index (χ3v) is 3.89. The van der Waals surface area contributed by atoms with Crippen molar-refractivity contribution in [2.24, 2.45) is 0 Å². The van der Waals surface area contributed by atoms with Crippen LogP contribution in [0.1, 0.15) is 38.4 Å². The second kappa shape index (κ2) is 7.10. The molecule has 0 unspecified atom stereocenters. The van der Waals surface area contributed by atoms with Gasteiger partial charge in [0.1, 0.15) is 0 Å². The normalized spacial score (nSPS) is 11.3. The minimum absolute atomic E-state index is 0.470. The van der Waals surface area contributed by atoms with Crippen LogP contribution in [0.5, 0.6) is 0 Å². The fraction of sp³-hybridized carbons (Fsp3) is 0.471. The second-order valence-corrected chi connectivity index (χ2v) is 6.12. The maximum atomic E-state index is 6.47. The van der Waals surface area contributed by atoms with E-state index >= 15 is 0 Å². The van der Waals surface area contributed by atoms with E-state index < -0.39 is 0 Å². The summed E-state index contributed by atoms with van der Waals surface area (Å²) in [5.41, 5.74) is 4.56. The Balaban J connectivity index is 2.24. The number of nitrogens with zero attached hydrogens (tertiary/aromatic N) is 2. The van der Waals surface area contributed by atoms with Crippen LogP contribution in [-0.4, -0.2) is 15.8 Å². The topological polar surface area (TPSA) is 29.9 Å². The fourth-order valence-electron chi connectivity index (χ4n) is 2.36. The van der Waals surface area contributed by atoms with E-state index in [4.69, 9.17) is 11.6 Å². The van der Waals surface area contributed by atoms with E-state index in [0.717, 1.165) is 35.7 Å². The molecule has 4 heteroatoms. The number of hydrogen-bond donors (Lipinski definition) is 1. The lowest BCUT2D eigenvalue weighted by atomic mass is 10.0. The Morgan fingerprint density at radius 1 is 1.29 bits per heavy atom. The van der Waals surface area contributed by atoms with E-state index in [9.17, 15) is 0 Å². The summed E-state index contributed by atoms with van der Waals surface area (Å²) >= 11 is 6.47. The van der Waals surface area contributed by atoms with E-state index in [2.05, 4.69) is 50.2 Å². The molecule has 1 aromatic heterocycles. The van der Waals surface area contributed by atoms with Crippen molar-refractivity contribution in [3.8, 4) is 11.1 Å². The van der Waals surface area contributed by atoms with Gasteiger partial charge in [0.05, 0.1) is 6.20 Å². The van der Waals surface area contributed by atoms with Gasteiger partial charge in [-0.25, -0.2) is 0 Å². The van der Waals surface area contributed by atoms with Gasteiger partial charge in [-0.2, -0.15) is 5.10 Å². The summed E-state index contributed by atoms with van der Waals surface area (Å²) in [4.78, 5) is 0. The number of rotatable bonds is 6. The molecule has 0 amide bonds. The first-order valence-electron chi connectivity index (χ1n) is 7.57. The molecule has 2 aromatic rings. The maximum Gasteiger partial charge on any atom is 0.0571 e. The molecule has 0 aliphatic rings. The van der Waals surface area contributed by atoms with Gasteiger partial charge in [0.15, 0.2) is 0 Å². The molecule has 0 saturated heterocycles. The molecular formula is C17H24ClN3. The molecule has 21 heavy (non-hydrogen) atoms. The Bertz CT molecular complexity index is 602. The average molecular weight is 306 g/mol. The molecule has 3 nitrogen and oxygen atoms in total. The Kier molecular flexibility index (Phi) is 5.43. The molecule has 0 bridgehead atoms. The summed E-state index contributed by atoms with van der Waals surface area (Å²) in [5, 5.41) is 8.65. The van der Waals surface area contributed by atoms with Crippen LogP contribution in [0, 0.1) is 6.92 Å². The van der Waals surface area contributed by atoms with E-state index in [1.54, 1.807) is 0 Å². The van der Waals surface area contributed by atoms with Gasteiger partial charge in [0.2, 0.25) is 0 Å². The Hall–Kier alpha value is -1.32. The van der Waals surface area contributed by atoms with Crippen molar-refractivity contribution in [3.63, 3.8) is 0 Å². The van der Waals surface area contributed by atoms with Crippen molar-refractivity contribution in [2.45, 2.75) is 53.2 Å². The highest BCUT2D eigenvalue weighted by molar-refractivity contribution is 6.33. The van der Waals surface area contributed by atoms with Crippen molar-refractivity contribution in [1.82, 2.24) is 15.1 Å². The Labute approximate surface area is 132 Å². The molecule has 0 atom stereocenters. The van der Waals surface area contributed by atoms with Crippen molar-refractivity contribution >= 4 is 11.6 Å². The van der Waals surface area contributed by atoms with E-state index in [1.807, 2.05) is 16.9 Å². The van der Waals surface area contributed by atoms with Gasteiger partial charge in [-0.3, -0.25) is 4.68 Å². The molecule has 1 N–H and O–H groups in total. The maximum absolute atomic E-state index is 6.47. The molecule has 2 rings (SSSR count). The lowest BCUT2D eigenvalue weighted by molar-refractivity contribution is 0.587. The Morgan fingerprint density at radius 3 is 2.67 bits per heavy atom. The minimum atomic E-state index is 0.470.